The summed E-state index contributed by atoms with van der Waals surface area (Å²) in [5.41, 5.74) is 6.51. The Morgan fingerprint density at radius 2 is 2.05 bits per heavy atom. The third kappa shape index (κ3) is 2.95. The van der Waals surface area contributed by atoms with Crippen molar-refractivity contribution >= 4 is 21.2 Å². The molecule has 0 saturated heterocycles. The van der Waals surface area contributed by atoms with Gasteiger partial charge in [-0.2, -0.15) is 0 Å². The van der Waals surface area contributed by atoms with E-state index in [1.807, 2.05) is 5.38 Å². The van der Waals surface area contributed by atoms with Gasteiger partial charge in [0.15, 0.2) is 9.84 Å². The first-order chi connectivity index (χ1) is 9.49. The molecular weight excluding hydrogens is 290 g/mol. The Balaban J connectivity index is 1.77. The van der Waals surface area contributed by atoms with Crippen molar-refractivity contribution < 1.29 is 8.42 Å². The summed E-state index contributed by atoms with van der Waals surface area (Å²) in [7, 11) is -3.06. The van der Waals surface area contributed by atoms with Crippen molar-refractivity contribution in [2.75, 3.05) is 5.75 Å². The Morgan fingerprint density at radius 1 is 1.30 bits per heavy atom. The largest absolute Gasteiger partial charge is 0.325 e. The molecule has 0 amide bonds. The van der Waals surface area contributed by atoms with Gasteiger partial charge in [-0.15, -0.1) is 11.3 Å². The van der Waals surface area contributed by atoms with Crippen LogP contribution >= 0.6 is 11.3 Å². The Labute approximate surface area is 125 Å². The molecule has 1 saturated carbocycles. The fraction of sp³-hybridized carbons (Fsp3) is 0.733. The van der Waals surface area contributed by atoms with Crippen LogP contribution in [0.3, 0.4) is 0 Å². The van der Waals surface area contributed by atoms with Crippen molar-refractivity contribution in [2.24, 2.45) is 11.7 Å². The van der Waals surface area contributed by atoms with Crippen LogP contribution in [0, 0.1) is 5.92 Å². The molecule has 112 valence electrons. The molecule has 0 aromatic carbocycles. The summed E-state index contributed by atoms with van der Waals surface area (Å²) in [6.07, 6.45) is 8.61. The van der Waals surface area contributed by atoms with Gasteiger partial charge in [0.1, 0.15) is 0 Å². The number of fused-ring (bicyclic) bond motifs is 1. The highest BCUT2D eigenvalue weighted by Gasteiger charge is 2.34. The third-order valence-electron chi connectivity index (χ3n) is 4.85. The van der Waals surface area contributed by atoms with Crippen LogP contribution in [-0.4, -0.2) is 19.7 Å². The lowest BCUT2D eigenvalue weighted by atomic mass is 9.75. The maximum absolute atomic E-state index is 12.2. The molecule has 1 aromatic heterocycles. The topological polar surface area (TPSA) is 60.2 Å². The second-order valence-corrected chi connectivity index (χ2v) is 9.59. The molecule has 20 heavy (non-hydrogen) atoms. The molecule has 1 atom stereocenters. The van der Waals surface area contributed by atoms with E-state index in [1.165, 1.54) is 19.3 Å². The van der Waals surface area contributed by atoms with Gasteiger partial charge in [0.05, 0.1) is 10.6 Å². The molecule has 3 nitrogen and oxygen atoms in total. The van der Waals surface area contributed by atoms with Crippen molar-refractivity contribution in [1.29, 1.82) is 0 Å². The van der Waals surface area contributed by atoms with Crippen LogP contribution in [0.2, 0.25) is 0 Å². The summed E-state index contributed by atoms with van der Waals surface area (Å²) in [5, 5.41) is 1.91. The van der Waals surface area contributed by atoms with E-state index in [-0.39, 0.29) is 11.3 Å². The van der Waals surface area contributed by atoms with E-state index in [1.54, 1.807) is 17.4 Å². The van der Waals surface area contributed by atoms with E-state index in [0.717, 1.165) is 37.0 Å². The molecule has 0 spiro atoms. The molecule has 1 aliphatic carbocycles. The van der Waals surface area contributed by atoms with Crippen molar-refractivity contribution in [2.45, 2.75) is 61.8 Å². The first kappa shape index (κ1) is 14.5. The molecule has 3 rings (SSSR count). The summed E-state index contributed by atoms with van der Waals surface area (Å²) in [5.74, 6) is 0.713. The van der Waals surface area contributed by atoms with E-state index >= 15 is 0 Å². The van der Waals surface area contributed by atoms with Crippen molar-refractivity contribution in [1.82, 2.24) is 0 Å². The average Bonchev–Trinajstić information content (AvgIpc) is 2.81. The molecular formula is C15H23NO2S2. The van der Waals surface area contributed by atoms with Gasteiger partial charge in [0.2, 0.25) is 0 Å². The lowest BCUT2D eigenvalue weighted by Crippen LogP contribution is -2.43. The van der Waals surface area contributed by atoms with Gasteiger partial charge < -0.3 is 5.73 Å². The van der Waals surface area contributed by atoms with Gasteiger partial charge in [-0.05, 0) is 49.5 Å². The standard InChI is InChI=1S/C15H23NO2S2/c16-15(6-2-1-3-7-15)11-12-5-9-20(17,18)14-4-8-19-13(14)10-12/h4,8,12H,1-3,5-7,9-11,16H2. The highest BCUT2D eigenvalue weighted by molar-refractivity contribution is 7.91. The lowest BCUT2D eigenvalue weighted by Gasteiger charge is -2.36. The third-order valence-corrected chi connectivity index (χ3v) is 7.75. The van der Waals surface area contributed by atoms with Crippen molar-refractivity contribution in [3.63, 3.8) is 0 Å². The van der Waals surface area contributed by atoms with Crippen LogP contribution < -0.4 is 5.73 Å². The van der Waals surface area contributed by atoms with E-state index in [2.05, 4.69) is 0 Å². The zero-order chi connectivity index (χ0) is 14.2. The second kappa shape index (κ2) is 5.43. The van der Waals surface area contributed by atoms with Crippen molar-refractivity contribution in [3.8, 4) is 0 Å². The minimum absolute atomic E-state index is 0.0472. The predicted octanol–water partition coefficient (Wildman–Crippen LogP) is 3.14. The van der Waals surface area contributed by atoms with Gasteiger partial charge >= 0.3 is 0 Å². The summed E-state index contributed by atoms with van der Waals surface area (Å²) in [6.45, 7) is 0. The SMILES string of the molecule is NC1(CC2CCS(=O)(=O)c3ccsc3C2)CCCCC1. The van der Waals surface area contributed by atoms with E-state index in [4.69, 9.17) is 5.73 Å². The van der Waals surface area contributed by atoms with E-state index in [9.17, 15) is 8.42 Å². The summed E-state index contributed by atoms with van der Waals surface area (Å²) >= 11 is 1.59. The quantitative estimate of drug-likeness (QED) is 0.912. The first-order valence-corrected chi connectivity index (χ1v) is 10.1. The highest BCUT2D eigenvalue weighted by atomic mass is 32.2. The summed E-state index contributed by atoms with van der Waals surface area (Å²) < 4.78 is 24.5. The maximum atomic E-state index is 12.2. The Bertz CT molecular complexity index is 570. The Morgan fingerprint density at radius 3 is 2.80 bits per heavy atom. The minimum Gasteiger partial charge on any atom is -0.325 e. The maximum Gasteiger partial charge on any atom is 0.179 e. The first-order valence-electron chi connectivity index (χ1n) is 7.57. The second-order valence-electron chi connectivity index (χ2n) is 6.51. The van der Waals surface area contributed by atoms with Gasteiger partial charge in [-0.1, -0.05) is 19.3 Å². The van der Waals surface area contributed by atoms with Gasteiger partial charge in [-0.3, -0.25) is 0 Å². The van der Waals surface area contributed by atoms with Crippen LogP contribution in [0.5, 0.6) is 0 Å². The number of nitrogens with two attached hydrogens (primary N) is 1. The zero-order valence-electron chi connectivity index (χ0n) is 11.8. The minimum atomic E-state index is -3.06. The molecule has 1 fully saturated rings. The molecule has 2 aliphatic rings. The number of hydrogen-bond acceptors (Lipinski definition) is 4. The fourth-order valence-electron chi connectivity index (χ4n) is 3.76. The molecule has 5 heteroatoms. The van der Waals surface area contributed by atoms with Crippen LogP contribution in [-0.2, 0) is 16.3 Å². The number of thiophene rings is 1. The molecule has 2 heterocycles. The van der Waals surface area contributed by atoms with Gasteiger partial charge in [0, 0.05) is 10.4 Å². The van der Waals surface area contributed by atoms with Crippen LogP contribution in [0.1, 0.15) is 49.8 Å². The molecule has 2 N–H and O–H groups in total. The molecule has 1 aromatic rings. The van der Waals surface area contributed by atoms with E-state index in [0.29, 0.717) is 10.8 Å². The van der Waals surface area contributed by atoms with Gasteiger partial charge in [-0.25, -0.2) is 8.42 Å². The number of sulfone groups is 1. The van der Waals surface area contributed by atoms with Gasteiger partial charge in [0.25, 0.3) is 0 Å². The molecule has 1 aliphatic heterocycles. The van der Waals surface area contributed by atoms with Crippen LogP contribution in [0.4, 0.5) is 0 Å². The monoisotopic (exact) mass is 313 g/mol. The molecule has 1 unspecified atom stereocenters. The highest BCUT2D eigenvalue weighted by Crippen LogP contribution is 2.37. The predicted molar refractivity (Wildman–Crippen MR) is 82.8 cm³/mol. The van der Waals surface area contributed by atoms with Crippen LogP contribution in [0.15, 0.2) is 16.3 Å². The number of hydrogen-bond donors (Lipinski definition) is 1. The summed E-state index contributed by atoms with van der Waals surface area (Å²) in [4.78, 5) is 1.63. The fourth-order valence-corrected chi connectivity index (χ4v) is 6.83. The summed E-state index contributed by atoms with van der Waals surface area (Å²) in [6, 6.07) is 1.77. The smallest absolute Gasteiger partial charge is 0.179 e. The Kier molecular flexibility index (Phi) is 3.95. The zero-order valence-corrected chi connectivity index (χ0v) is 13.4. The van der Waals surface area contributed by atoms with Crippen LogP contribution in [0.25, 0.3) is 0 Å². The lowest BCUT2D eigenvalue weighted by molar-refractivity contribution is 0.233. The van der Waals surface area contributed by atoms with Crippen molar-refractivity contribution in [3.05, 3.63) is 16.3 Å². The number of rotatable bonds is 2. The normalized spacial score (nSPS) is 28.6. The Hall–Kier alpha value is -0.390. The molecule has 0 radical (unpaired) electrons. The average molecular weight is 313 g/mol. The van der Waals surface area contributed by atoms with E-state index < -0.39 is 9.84 Å². The molecule has 0 bridgehead atoms.